The van der Waals surface area contributed by atoms with Crippen LogP contribution in [-0.4, -0.2) is 21.3 Å². The van der Waals surface area contributed by atoms with Crippen LogP contribution in [0, 0.1) is 10.1 Å². The number of hydrogen-bond donors (Lipinski definition) is 3. The SMILES string of the molecule is O=[N+]([O-])c1ccccc1COC1=C(P(=O)(O)O)CNN1c1ccc(Cl)cc1. The molecule has 0 fully saturated rings. The van der Waals surface area contributed by atoms with Crippen molar-refractivity contribution in [2.75, 3.05) is 11.6 Å². The minimum absolute atomic E-state index is 0.0937. The lowest BCUT2D eigenvalue weighted by molar-refractivity contribution is -0.385. The quantitative estimate of drug-likeness (QED) is 0.376. The van der Waals surface area contributed by atoms with Gasteiger partial charge in [-0.1, -0.05) is 23.7 Å². The number of halogens is 1. The van der Waals surface area contributed by atoms with Crippen LogP contribution in [-0.2, 0) is 15.9 Å². The molecule has 0 aliphatic carbocycles. The van der Waals surface area contributed by atoms with Gasteiger partial charge in [0.1, 0.15) is 11.9 Å². The topological polar surface area (TPSA) is 125 Å². The van der Waals surface area contributed by atoms with Crippen LogP contribution in [0.1, 0.15) is 5.56 Å². The highest BCUT2D eigenvalue weighted by Crippen LogP contribution is 2.49. The maximum absolute atomic E-state index is 11.8. The van der Waals surface area contributed by atoms with Crippen LogP contribution in [0.25, 0.3) is 0 Å². The first-order valence-electron chi connectivity index (χ1n) is 7.71. The Balaban J connectivity index is 1.93. The van der Waals surface area contributed by atoms with Crippen molar-refractivity contribution in [3.63, 3.8) is 0 Å². The van der Waals surface area contributed by atoms with Crippen LogP contribution in [0.15, 0.2) is 59.7 Å². The molecule has 0 atom stereocenters. The average Bonchev–Trinajstić information content (AvgIpc) is 3.05. The molecule has 0 aromatic heterocycles. The lowest BCUT2D eigenvalue weighted by atomic mass is 10.2. The van der Waals surface area contributed by atoms with E-state index in [-0.39, 0.29) is 35.6 Å². The highest BCUT2D eigenvalue weighted by atomic mass is 35.5. The summed E-state index contributed by atoms with van der Waals surface area (Å²) < 4.78 is 17.5. The fraction of sp³-hybridized carbons (Fsp3) is 0.125. The summed E-state index contributed by atoms with van der Waals surface area (Å²) in [7, 11) is -4.60. The number of hydrogen-bond acceptors (Lipinski definition) is 6. The monoisotopic (exact) mass is 411 g/mol. The average molecular weight is 412 g/mol. The van der Waals surface area contributed by atoms with Gasteiger partial charge in [0.2, 0.25) is 5.88 Å². The lowest BCUT2D eigenvalue weighted by Crippen LogP contribution is -2.32. The summed E-state index contributed by atoms with van der Waals surface area (Å²) >= 11 is 5.87. The summed E-state index contributed by atoms with van der Waals surface area (Å²) in [5, 5.41) is 12.8. The van der Waals surface area contributed by atoms with E-state index in [0.29, 0.717) is 10.7 Å². The van der Waals surface area contributed by atoms with Crippen LogP contribution >= 0.6 is 19.2 Å². The number of hydrazine groups is 1. The molecule has 3 rings (SSSR count). The second-order valence-corrected chi connectivity index (χ2v) is 7.68. The van der Waals surface area contributed by atoms with Crippen LogP contribution in [0.3, 0.4) is 0 Å². The van der Waals surface area contributed by atoms with E-state index in [1.165, 1.54) is 23.2 Å². The summed E-state index contributed by atoms with van der Waals surface area (Å²) in [4.78, 5) is 29.8. The van der Waals surface area contributed by atoms with E-state index in [0.717, 1.165) is 0 Å². The summed E-state index contributed by atoms with van der Waals surface area (Å²) in [6, 6.07) is 12.5. The van der Waals surface area contributed by atoms with E-state index in [1.54, 1.807) is 30.3 Å². The summed E-state index contributed by atoms with van der Waals surface area (Å²) in [5.41, 5.74) is 3.52. The maximum atomic E-state index is 11.8. The van der Waals surface area contributed by atoms with E-state index in [1.807, 2.05) is 0 Å². The van der Waals surface area contributed by atoms with Crippen molar-refractivity contribution in [3.8, 4) is 0 Å². The van der Waals surface area contributed by atoms with Gasteiger partial charge in [0, 0.05) is 11.1 Å². The molecule has 0 amide bonds. The van der Waals surface area contributed by atoms with Crippen LogP contribution in [0.4, 0.5) is 11.4 Å². The first kappa shape index (κ1) is 19.3. The molecule has 2 aromatic rings. The Morgan fingerprint density at radius 2 is 1.89 bits per heavy atom. The molecular weight excluding hydrogens is 397 g/mol. The van der Waals surface area contributed by atoms with Crippen LogP contribution < -0.4 is 10.4 Å². The molecule has 27 heavy (non-hydrogen) atoms. The van der Waals surface area contributed by atoms with Gasteiger partial charge in [0.25, 0.3) is 5.69 Å². The third-order valence-electron chi connectivity index (χ3n) is 3.84. The van der Waals surface area contributed by atoms with Gasteiger partial charge < -0.3 is 14.5 Å². The summed E-state index contributed by atoms with van der Waals surface area (Å²) in [5.74, 6) is -0.0937. The van der Waals surface area contributed by atoms with Gasteiger partial charge in [-0.2, -0.15) is 0 Å². The number of rotatable bonds is 6. The first-order chi connectivity index (χ1) is 12.8. The molecular formula is C16H15ClN3O6P. The van der Waals surface area contributed by atoms with E-state index in [4.69, 9.17) is 16.3 Å². The Kier molecular flexibility index (Phi) is 5.50. The number of nitrogens with one attached hydrogen (secondary N) is 1. The number of anilines is 1. The fourth-order valence-corrected chi connectivity index (χ4v) is 3.38. The molecule has 3 N–H and O–H groups in total. The van der Waals surface area contributed by atoms with Crippen LogP contribution in [0.2, 0.25) is 5.02 Å². The minimum Gasteiger partial charge on any atom is -0.472 e. The van der Waals surface area contributed by atoms with Gasteiger partial charge in [-0.25, -0.2) is 10.4 Å². The zero-order valence-electron chi connectivity index (χ0n) is 13.8. The van der Waals surface area contributed by atoms with Gasteiger partial charge in [0.15, 0.2) is 0 Å². The zero-order valence-corrected chi connectivity index (χ0v) is 15.4. The molecule has 0 bridgehead atoms. The second-order valence-electron chi connectivity index (χ2n) is 5.62. The number of nitro groups is 1. The van der Waals surface area contributed by atoms with Crippen molar-refractivity contribution in [2.24, 2.45) is 0 Å². The third kappa shape index (κ3) is 4.29. The maximum Gasteiger partial charge on any atom is 0.359 e. The minimum atomic E-state index is -4.60. The van der Waals surface area contributed by atoms with Gasteiger partial charge in [-0.15, -0.1) is 0 Å². The normalized spacial score (nSPS) is 14.6. The molecule has 11 heteroatoms. The molecule has 2 aromatic carbocycles. The largest absolute Gasteiger partial charge is 0.472 e. The highest BCUT2D eigenvalue weighted by Gasteiger charge is 2.36. The molecule has 0 unspecified atom stereocenters. The zero-order chi connectivity index (χ0) is 19.6. The molecule has 142 valence electrons. The van der Waals surface area contributed by atoms with Gasteiger partial charge in [0.05, 0.1) is 22.7 Å². The lowest BCUT2D eigenvalue weighted by Gasteiger charge is -2.22. The van der Waals surface area contributed by atoms with Crippen molar-refractivity contribution in [1.82, 2.24) is 5.43 Å². The molecule has 1 aliphatic heterocycles. The Hall–Kier alpha value is -2.42. The standard InChI is InChI=1S/C16H15ClN3O6P/c17-12-5-7-13(8-6-12)19-16(15(9-18-19)27(23,24)25)26-10-11-3-1-2-4-14(11)20(21)22/h1-8,18H,9-10H2,(H2,23,24,25). The summed E-state index contributed by atoms with van der Waals surface area (Å²) in [6.07, 6.45) is 0. The second kappa shape index (κ2) is 7.67. The van der Waals surface area contributed by atoms with E-state index in [2.05, 4.69) is 5.43 Å². The fourth-order valence-electron chi connectivity index (χ4n) is 2.56. The van der Waals surface area contributed by atoms with E-state index < -0.39 is 12.5 Å². The molecule has 9 nitrogen and oxygen atoms in total. The van der Waals surface area contributed by atoms with Crippen molar-refractivity contribution in [1.29, 1.82) is 0 Å². The molecule has 1 aliphatic rings. The number of nitro benzene ring substituents is 1. The predicted octanol–water partition coefficient (Wildman–Crippen LogP) is 3.14. The van der Waals surface area contributed by atoms with Crippen molar-refractivity contribution in [3.05, 3.63) is 80.4 Å². The highest BCUT2D eigenvalue weighted by molar-refractivity contribution is 7.56. The number of ether oxygens (including phenoxy) is 1. The Morgan fingerprint density at radius 3 is 2.52 bits per heavy atom. The molecule has 1 heterocycles. The van der Waals surface area contributed by atoms with E-state index in [9.17, 15) is 24.5 Å². The number of benzene rings is 2. The third-order valence-corrected chi connectivity index (χ3v) is 5.15. The molecule has 0 saturated carbocycles. The Labute approximate surface area is 159 Å². The van der Waals surface area contributed by atoms with Crippen molar-refractivity contribution < 1.29 is 24.0 Å². The number of nitrogens with zero attached hydrogens (tertiary/aromatic N) is 2. The first-order valence-corrected chi connectivity index (χ1v) is 9.70. The summed E-state index contributed by atoms with van der Waals surface area (Å²) in [6.45, 7) is -0.360. The molecule has 0 radical (unpaired) electrons. The van der Waals surface area contributed by atoms with Crippen molar-refractivity contribution in [2.45, 2.75) is 6.61 Å². The Morgan fingerprint density at radius 1 is 1.22 bits per heavy atom. The Bertz CT molecular complexity index is 943. The van der Waals surface area contributed by atoms with Crippen molar-refractivity contribution >= 4 is 30.6 Å². The molecule has 0 saturated heterocycles. The number of para-hydroxylation sites is 1. The molecule has 0 spiro atoms. The van der Waals surface area contributed by atoms with Crippen LogP contribution in [0.5, 0.6) is 0 Å². The van der Waals surface area contributed by atoms with Gasteiger partial charge >= 0.3 is 7.60 Å². The van der Waals surface area contributed by atoms with Gasteiger partial charge in [-0.05, 0) is 30.3 Å². The van der Waals surface area contributed by atoms with Gasteiger partial charge in [-0.3, -0.25) is 14.7 Å². The predicted molar refractivity (Wildman–Crippen MR) is 98.9 cm³/mol. The smallest absolute Gasteiger partial charge is 0.359 e. The van der Waals surface area contributed by atoms with E-state index >= 15 is 0 Å².